The number of hydrogen-bond donors (Lipinski definition) is 0. The smallest absolute Gasteiger partial charge is 0.134 e. The minimum Gasteiger partial charge on any atom is -0.485 e. The van der Waals surface area contributed by atoms with Gasteiger partial charge in [-0.3, -0.25) is 0 Å². The van der Waals surface area contributed by atoms with E-state index in [-0.39, 0.29) is 6.10 Å². The Bertz CT molecular complexity index is 575. The number of rotatable bonds is 6. The fraction of sp³-hybridized carbons (Fsp3) is 0.111. The fourth-order valence-electron chi connectivity index (χ4n) is 1.82. The van der Waals surface area contributed by atoms with E-state index in [0.717, 1.165) is 22.2 Å². The van der Waals surface area contributed by atoms with E-state index in [9.17, 15) is 0 Å². The van der Waals surface area contributed by atoms with Crippen LogP contribution in [0.4, 0.5) is 0 Å². The topological polar surface area (TPSA) is 9.23 Å². The van der Waals surface area contributed by atoms with E-state index in [0.29, 0.717) is 0 Å². The predicted molar refractivity (Wildman–Crippen MR) is 88.8 cm³/mol. The van der Waals surface area contributed by atoms with Gasteiger partial charge in [-0.2, -0.15) is 0 Å². The minimum atomic E-state index is -0.0218. The maximum absolute atomic E-state index is 6.00. The van der Waals surface area contributed by atoms with Crippen molar-refractivity contribution >= 4 is 22.0 Å². The standard InChI is InChI=1S/C18H17BrO/c1-2-8-16(14-13-15-9-4-3-5-10-15)20-18-12-7-6-11-17(18)19/h2-7,9-14,16H,1,8H2/b14-13+. The van der Waals surface area contributed by atoms with E-state index in [4.69, 9.17) is 4.74 Å². The van der Waals surface area contributed by atoms with Crippen LogP contribution in [0, 0.1) is 0 Å². The van der Waals surface area contributed by atoms with Crippen LogP contribution in [0.5, 0.6) is 5.75 Å². The number of halogens is 1. The van der Waals surface area contributed by atoms with Gasteiger partial charge in [0.1, 0.15) is 11.9 Å². The zero-order chi connectivity index (χ0) is 14.2. The summed E-state index contributed by atoms with van der Waals surface area (Å²) in [5.41, 5.74) is 1.16. The zero-order valence-electron chi connectivity index (χ0n) is 11.2. The second kappa shape index (κ2) is 7.71. The first kappa shape index (κ1) is 14.6. The van der Waals surface area contributed by atoms with Crippen LogP contribution in [0.3, 0.4) is 0 Å². The molecule has 0 aliphatic carbocycles. The van der Waals surface area contributed by atoms with Gasteiger partial charge in [-0.25, -0.2) is 0 Å². The second-order valence-corrected chi connectivity index (χ2v) is 5.24. The van der Waals surface area contributed by atoms with Crippen LogP contribution in [-0.4, -0.2) is 6.10 Å². The number of para-hydroxylation sites is 1. The van der Waals surface area contributed by atoms with Gasteiger partial charge in [-0.1, -0.05) is 54.6 Å². The van der Waals surface area contributed by atoms with Crippen molar-refractivity contribution in [2.75, 3.05) is 0 Å². The maximum atomic E-state index is 6.00. The van der Waals surface area contributed by atoms with Crippen molar-refractivity contribution in [1.29, 1.82) is 0 Å². The number of ether oxygens (including phenoxy) is 1. The summed E-state index contributed by atoms with van der Waals surface area (Å²) in [4.78, 5) is 0. The zero-order valence-corrected chi connectivity index (χ0v) is 12.8. The summed E-state index contributed by atoms with van der Waals surface area (Å²) < 4.78 is 6.96. The molecule has 2 rings (SSSR count). The third-order valence-electron chi connectivity index (χ3n) is 2.82. The summed E-state index contributed by atoms with van der Waals surface area (Å²) in [6, 6.07) is 18.1. The predicted octanol–water partition coefficient (Wildman–Crippen LogP) is 5.49. The molecule has 1 unspecified atom stereocenters. The molecule has 0 heterocycles. The SMILES string of the molecule is C=CCC(/C=C/c1ccccc1)Oc1ccccc1Br. The van der Waals surface area contributed by atoms with Gasteiger partial charge in [0.05, 0.1) is 4.47 Å². The van der Waals surface area contributed by atoms with E-state index >= 15 is 0 Å². The molecule has 2 heteroatoms. The number of hydrogen-bond acceptors (Lipinski definition) is 1. The average molecular weight is 329 g/mol. The lowest BCUT2D eigenvalue weighted by molar-refractivity contribution is 0.252. The lowest BCUT2D eigenvalue weighted by atomic mass is 10.1. The van der Waals surface area contributed by atoms with Gasteiger partial charge >= 0.3 is 0 Å². The van der Waals surface area contributed by atoms with Crippen molar-refractivity contribution < 1.29 is 4.74 Å². The molecule has 1 atom stereocenters. The first-order valence-electron chi connectivity index (χ1n) is 6.55. The van der Waals surface area contributed by atoms with Gasteiger partial charge in [-0.05, 0) is 39.7 Å². The molecule has 0 radical (unpaired) electrons. The molecule has 2 aromatic carbocycles. The molecule has 0 bridgehead atoms. The molecule has 2 aromatic rings. The summed E-state index contributed by atoms with van der Waals surface area (Å²) in [6.45, 7) is 3.79. The van der Waals surface area contributed by atoms with Crippen molar-refractivity contribution in [3.63, 3.8) is 0 Å². The summed E-state index contributed by atoms with van der Waals surface area (Å²) >= 11 is 3.50. The van der Waals surface area contributed by atoms with Crippen molar-refractivity contribution in [3.05, 3.63) is 83.4 Å². The monoisotopic (exact) mass is 328 g/mol. The van der Waals surface area contributed by atoms with E-state index < -0.39 is 0 Å². The molecule has 0 fully saturated rings. The highest BCUT2D eigenvalue weighted by Crippen LogP contribution is 2.25. The van der Waals surface area contributed by atoms with Crippen molar-refractivity contribution in [2.45, 2.75) is 12.5 Å². The molecular formula is C18H17BrO. The Kier molecular flexibility index (Phi) is 5.63. The third-order valence-corrected chi connectivity index (χ3v) is 3.47. The maximum Gasteiger partial charge on any atom is 0.134 e. The van der Waals surface area contributed by atoms with Crippen LogP contribution < -0.4 is 4.74 Å². The molecule has 0 saturated carbocycles. The Morgan fingerprint density at radius 1 is 1.05 bits per heavy atom. The molecule has 20 heavy (non-hydrogen) atoms. The molecule has 0 spiro atoms. The van der Waals surface area contributed by atoms with Crippen LogP contribution in [0.2, 0.25) is 0 Å². The van der Waals surface area contributed by atoms with Crippen molar-refractivity contribution in [2.24, 2.45) is 0 Å². The van der Waals surface area contributed by atoms with Gasteiger partial charge in [-0.15, -0.1) is 6.58 Å². The van der Waals surface area contributed by atoms with E-state index in [1.54, 1.807) is 0 Å². The first-order chi connectivity index (χ1) is 9.79. The molecule has 0 aromatic heterocycles. The van der Waals surface area contributed by atoms with Crippen LogP contribution in [-0.2, 0) is 0 Å². The fourth-order valence-corrected chi connectivity index (χ4v) is 2.19. The van der Waals surface area contributed by atoms with E-state index in [1.165, 1.54) is 0 Å². The molecule has 0 aliphatic rings. The Morgan fingerprint density at radius 3 is 2.45 bits per heavy atom. The summed E-state index contributed by atoms with van der Waals surface area (Å²) in [5.74, 6) is 0.845. The first-order valence-corrected chi connectivity index (χ1v) is 7.34. The van der Waals surface area contributed by atoms with Crippen molar-refractivity contribution in [3.8, 4) is 5.75 Å². The number of benzene rings is 2. The largest absolute Gasteiger partial charge is 0.485 e. The van der Waals surface area contributed by atoms with Crippen molar-refractivity contribution in [1.82, 2.24) is 0 Å². The highest BCUT2D eigenvalue weighted by molar-refractivity contribution is 9.10. The minimum absolute atomic E-state index is 0.0218. The van der Waals surface area contributed by atoms with Crippen LogP contribution in [0.25, 0.3) is 6.08 Å². The average Bonchev–Trinajstić information content (AvgIpc) is 2.48. The van der Waals surface area contributed by atoms with Gasteiger partial charge in [0.25, 0.3) is 0 Å². The van der Waals surface area contributed by atoms with Crippen LogP contribution >= 0.6 is 15.9 Å². The van der Waals surface area contributed by atoms with Gasteiger partial charge in [0, 0.05) is 6.42 Å². The second-order valence-electron chi connectivity index (χ2n) is 4.38. The molecule has 0 amide bonds. The molecule has 0 saturated heterocycles. The van der Waals surface area contributed by atoms with Crippen LogP contribution in [0.15, 0.2) is 77.8 Å². The highest BCUT2D eigenvalue weighted by atomic mass is 79.9. The summed E-state index contributed by atoms with van der Waals surface area (Å²) in [5, 5.41) is 0. The Balaban J connectivity index is 2.09. The summed E-state index contributed by atoms with van der Waals surface area (Å²) in [7, 11) is 0. The molecule has 102 valence electrons. The Labute approximate surface area is 128 Å². The van der Waals surface area contributed by atoms with E-state index in [2.05, 4.69) is 46.8 Å². The van der Waals surface area contributed by atoms with E-state index in [1.807, 2.05) is 48.5 Å². The quantitative estimate of drug-likeness (QED) is 0.637. The molecule has 0 N–H and O–H groups in total. The lowest BCUT2D eigenvalue weighted by Gasteiger charge is -2.15. The lowest BCUT2D eigenvalue weighted by Crippen LogP contribution is -2.12. The molecule has 0 aliphatic heterocycles. The summed E-state index contributed by atoms with van der Waals surface area (Å²) in [6.07, 6.45) is 6.76. The van der Waals surface area contributed by atoms with Gasteiger partial charge in [0.15, 0.2) is 0 Å². The van der Waals surface area contributed by atoms with Gasteiger partial charge in [0.2, 0.25) is 0 Å². The Morgan fingerprint density at radius 2 is 1.75 bits per heavy atom. The molecule has 1 nitrogen and oxygen atoms in total. The van der Waals surface area contributed by atoms with Gasteiger partial charge < -0.3 is 4.74 Å². The Hall–Kier alpha value is -1.80. The normalized spacial score (nSPS) is 12.2. The molecular weight excluding hydrogens is 312 g/mol. The van der Waals surface area contributed by atoms with Crippen LogP contribution in [0.1, 0.15) is 12.0 Å². The third kappa shape index (κ3) is 4.39. The highest BCUT2D eigenvalue weighted by Gasteiger charge is 2.07.